The van der Waals surface area contributed by atoms with E-state index < -0.39 is 31.1 Å². The van der Waals surface area contributed by atoms with Crippen LogP contribution in [0.3, 0.4) is 0 Å². The quantitative estimate of drug-likeness (QED) is 0.576. The summed E-state index contributed by atoms with van der Waals surface area (Å²) < 4.78 is 0. The van der Waals surface area contributed by atoms with Crippen molar-refractivity contribution in [2.45, 2.75) is 45.2 Å². The first kappa shape index (κ1) is 20.6. The maximum Gasteiger partial charge on any atom is 0.187 e. The summed E-state index contributed by atoms with van der Waals surface area (Å²) in [6.45, 7) is 5.42. The zero-order valence-corrected chi connectivity index (χ0v) is 17.1. The lowest BCUT2D eigenvalue weighted by atomic mass is 9.92. The molecule has 0 radical (unpaired) electrons. The average Bonchev–Trinajstić information content (AvgIpc) is 3.10. The third-order valence-electron chi connectivity index (χ3n) is 5.69. The van der Waals surface area contributed by atoms with Crippen LogP contribution in [0.1, 0.15) is 19.4 Å². The largest absolute Gasteiger partial charge is 0.394 e. The van der Waals surface area contributed by atoms with Crippen molar-refractivity contribution < 1.29 is 20.4 Å². The fourth-order valence-electron chi connectivity index (χ4n) is 3.62. The van der Waals surface area contributed by atoms with Crippen LogP contribution >= 0.6 is 0 Å². The molecule has 5 atom stereocenters. The molecule has 2 aliphatic heterocycles. The number of aliphatic hydroxyl groups is 4. The van der Waals surface area contributed by atoms with Crippen LogP contribution in [0.5, 0.6) is 0 Å². The van der Waals surface area contributed by atoms with Gasteiger partial charge in [-0.3, -0.25) is 0 Å². The predicted octanol–water partition coefficient (Wildman–Crippen LogP) is 0.948. The van der Waals surface area contributed by atoms with Gasteiger partial charge in [-0.05, 0) is 44.1 Å². The molecule has 158 valence electrons. The lowest BCUT2D eigenvalue weighted by Crippen LogP contribution is -2.47. The minimum absolute atomic E-state index is 0.128. The molecule has 0 saturated heterocycles. The first-order valence-corrected chi connectivity index (χ1v) is 9.96. The van der Waals surface area contributed by atoms with Gasteiger partial charge in [-0.25, -0.2) is 15.0 Å². The molecule has 1 aromatic rings. The molecular weight excluding hydrogens is 384 g/mol. The molecule has 8 nitrogen and oxygen atoms in total. The number of rotatable bonds is 5. The zero-order valence-electron chi connectivity index (χ0n) is 17.1. The number of benzene rings is 1. The lowest BCUT2D eigenvalue weighted by Gasteiger charge is -2.27. The van der Waals surface area contributed by atoms with E-state index in [2.05, 4.69) is 12.0 Å². The summed E-state index contributed by atoms with van der Waals surface area (Å²) in [6, 6.07) is 7.71. The number of aliphatic hydroxyl groups excluding tert-OH is 4. The SMILES string of the molecule is CC1=CC2=NC3C(=NC2=CC1C)C(C(O)C(O)C(O)CO)=NN3c1ccc(C)cc1. The number of aryl methyl sites for hydroxylation is 1. The van der Waals surface area contributed by atoms with Gasteiger partial charge in [-0.15, -0.1) is 0 Å². The molecule has 0 bridgehead atoms. The number of fused-ring (bicyclic) bond motifs is 2. The normalized spacial score (nSPS) is 25.8. The Morgan fingerprint density at radius 1 is 1.10 bits per heavy atom. The number of aliphatic imine (C=N–C) groups is 2. The monoisotopic (exact) mass is 410 g/mol. The van der Waals surface area contributed by atoms with Crippen molar-refractivity contribution in [3.63, 3.8) is 0 Å². The van der Waals surface area contributed by atoms with Crippen molar-refractivity contribution in [2.24, 2.45) is 21.0 Å². The summed E-state index contributed by atoms with van der Waals surface area (Å²) in [5, 5.41) is 46.1. The van der Waals surface area contributed by atoms with Gasteiger partial charge in [0.2, 0.25) is 0 Å². The Balaban J connectivity index is 1.78. The highest BCUT2D eigenvalue weighted by Gasteiger charge is 2.43. The second kappa shape index (κ2) is 7.88. The predicted molar refractivity (Wildman–Crippen MR) is 116 cm³/mol. The molecule has 0 saturated carbocycles. The Morgan fingerprint density at radius 3 is 2.47 bits per heavy atom. The van der Waals surface area contributed by atoms with Gasteiger partial charge in [0.1, 0.15) is 29.7 Å². The molecule has 2 heterocycles. The maximum atomic E-state index is 10.7. The Labute approximate surface area is 174 Å². The number of anilines is 1. The molecule has 0 spiro atoms. The fraction of sp³-hybridized carbons (Fsp3) is 0.409. The molecule has 3 aliphatic rings. The Kier molecular flexibility index (Phi) is 5.42. The van der Waals surface area contributed by atoms with Gasteiger partial charge in [0, 0.05) is 0 Å². The van der Waals surface area contributed by atoms with E-state index in [4.69, 9.17) is 15.1 Å². The highest BCUT2D eigenvalue weighted by atomic mass is 16.4. The number of hydrazone groups is 1. The first-order valence-electron chi connectivity index (χ1n) is 9.96. The van der Waals surface area contributed by atoms with Gasteiger partial charge < -0.3 is 20.4 Å². The Morgan fingerprint density at radius 2 is 1.80 bits per heavy atom. The molecule has 8 heteroatoms. The molecule has 0 fully saturated rings. The third-order valence-corrected chi connectivity index (χ3v) is 5.69. The molecule has 4 N–H and O–H groups in total. The second-order valence-electron chi connectivity index (χ2n) is 7.96. The molecule has 1 aliphatic carbocycles. The van der Waals surface area contributed by atoms with E-state index in [0.29, 0.717) is 11.4 Å². The van der Waals surface area contributed by atoms with E-state index in [1.165, 1.54) is 5.57 Å². The number of hydrogen-bond donors (Lipinski definition) is 4. The maximum absolute atomic E-state index is 10.7. The Bertz CT molecular complexity index is 993. The minimum Gasteiger partial charge on any atom is -0.394 e. The van der Waals surface area contributed by atoms with Crippen LogP contribution in [0, 0.1) is 12.8 Å². The van der Waals surface area contributed by atoms with Crippen molar-refractivity contribution in [1.29, 1.82) is 0 Å². The van der Waals surface area contributed by atoms with E-state index >= 15 is 0 Å². The van der Waals surface area contributed by atoms with Gasteiger partial charge in [0.25, 0.3) is 0 Å². The van der Waals surface area contributed by atoms with E-state index in [1.807, 2.05) is 50.3 Å². The van der Waals surface area contributed by atoms with Crippen LogP contribution in [0.15, 0.2) is 62.8 Å². The van der Waals surface area contributed by atoms with E-state index in [0.717, 1.165) is 17.0 Å². The molecule has 5 unspecified atom stereocenters. The molecular formula is C22H26N4O4. The fourth-order valence-corrected chi connectivity index (χ4v) is 3.62. The van der Waals surface area contributed by atoms with Crippen molar-refractivity contribution >= 4 is 22.8 Å². The van der Waals surface area contributed by atoms with Crippen LogP contribution < -0.4 is 5.01 Å². The van der Waals surface area contributed by atoms with Gasteiger partial charge >= 0.3 is 0 Å². The summed E-state index contributed by atoms with van der Waals surface area (Å²) in [5.41, 5.74) is 5.03. The summed E-state index contributed by atoms with van der Waals surface area (Å²) in [7, 11) is 0. The van der Waals surface area contributed by atoms with Crippen molar-refractivity contribution in [3.05, 3.63) is 53.3 Å². The smallest absolute Gasteiger partial charge is 0.187 e. The summed E-state index contributed by atoms with van der Waals surface area (Å²) in [4.78, 5) is 9.56. The second-order valence-corrected chi connectivity index (χ2v) is 7.96. The molecule has 0 aromatic heterocycles. The van der Waals surface area contributed by atoms with Crippen molar-refractivity contribution in [1.82, 2.24) is 0 Å². The van der Waals surface area contributed by atoms with E-state index in [9.17, 15) is 15.3 Å². The van der Waals surface area contributed by atoms with Gasteiger partial charge in [0.15, 0.2) is 6.17 Å². The number of allylic oxidation sites excluding steroid dienone is 3. The lowest BCUT2D eigenvalue weighted by molar-refractivity contribution is -0.0548. The van der Waals surface area contributed by atoms with Gasteiger partial charge in [-0.1, -0.05) is 30.2 Å². The summed E-state index contributed by atoms with van der Waals surface area (Å²) in [6.07, 6.45) is -1.22. The minimum atomic E-state index is -1.61. The Hall–Kier alpha value is -2.65. The topological polar surface area (TPSA) is 121 Å². The van der Waals surface area contributed by atoms with Crippen LogP contribution in [-0.2, 0) is 0 Å². The number of hydrogen-bond acceptors (Lipinski definition) is 8. The highest BCUT2D eigenvalue weighted by molar-refractivity contribution is 6.49. The van der Waals surface area contributed by atoms with E-state index in [1.54, 1.807) is 5.01 Å². The van der Waals surface area contributed by atoms with Crippen LogP contribution in [-0.4, -0.2) is 68.6 Å². The first-order chi connectivity index (χ1) is 14.3. The van der Waals surface area contributed by atoms with Crippen molar-refractivity contribution in [3.8, 4) is 0 Å². The molecule has 30 heavy (non-hydrogen) atoms. The van der Waals surface area contributed by atoms with Crippen LogP contribution in [0.4, 0.5) is 5.69 Å². The molecule has 1 aromatic carbocycles. The molecule has 4 rings (SSSR count). The van der Waals surface area contributed by atoms with E-state index in [-0.39, 0.29) is 11.6 Å². The zero-order chi connectivity index (χ0) is 21.6. The van der Waals surface area contributed by atoms with Crippen molar-refractivity contribution in [2.75, 3.05) is 11.6 Å². The summed E-state index contributed by atoms with van der Waals surface area (Å²) in [5.74, 6) is 0.210. The molecule has 0 amide bonds. The summed E-state index contributed by atoms with van der Waals surface area (Å²) >= 11 is 0. The number of nitrogens with zero attached hydrogens (tertiary/aromatic N) is 4. The van der Waals surface area contributed by atoms with Crippen LogP contribution in [0.2, 0.25) is 0 Å². The highest BCUT2D eigenvalue weighted by Crippen LogP contribution is 2.32. The van der Waals surface area contributed by atoms with Gasteiger partial charge in [0.05, 0.1) is 23.7 Å². The standard InChI is InChI=1S/C22H26N4O4/c1-11-4-6-14(7-5-11)26-22-19(18(25-26)21(30)20(29)17(28)10-27)23-15-8-12(2)13(3)9-16(15)24-22/h4-9,12,17,20-22,27-30H,10H2,1-3H3. The van der Waals surface area contributed by atoms with Crippen LogP contribution in [0.25, 0.3) is 0 Å². The average molecular weight is 410 g/mol. The third kappa shape index (κ3) is 3.52. The van der Waals surface area contributed by atoms with Gasteiger partial charge in [-0.2, -0.15) is 5.10 Å².